The molecular formula is C15H16ClNO4S. The average Bonchev–Trinajstić information content (AvgIpc) is 2.47. The Hall–Kier alpha value is -1.76. The van der Waals surface area contributed by atoms with Crippen LogP contribution in [0.1, 0.15) is 18.6 Å². The van der Waals surface area contributed by atoms with Crippen molar-refractivity contribution in [2.45, 2.75) is 17.9 Å². The molecule has 22 heavy (non-hydrogen) atoms. The Morgan fingerprint density at radius 3 is 2.59 bits per heavy atom. The second kappa shape index (κ2) is 6.56. The van der Waals surface area contributed by atoms with Crippen LogP contribution >= 0.6 is 11.6 Å². The molecule has 0 aliphatic heterocycles. The summed E-state index contributed by atoms with van der Waals surface area (Å²) in [5.41, 5.74) is 0.762. The first-order valence-corrected chi connectivity index (χ1v) is 8.34. The highest BCUT2D eigenvalue weighted by molar-refractivity contribution is 7.92. The van der Waals surface area contributed by atoms with Crippen molar-refractivity contribution >= 4 is 27.3 Å². The highest BCUT2D eigenvalue weighted by Gasteiger charge is 2.18. The summed E-state index contributed by atoms with van der Waals surface area (Å²) in [5, 5.41) is 9.95. The lowest BCUT2D eigenvalue weighted by Crippen LogP contribution is -2.14. The van der Waals surface area contributed by atoms with Gasteiger partial charge in [0.05, 0.1) is 23.8 Å². The van der Waals surface area contributed by atoms with Crippen molar-refractivity contribution in [3.63, 3.8) is 0 Å². The van der Waals surface area contributed by atoms with Crippen LogP contribution in [0.25, 0.3) is 0 Å². The maximum absolute atomic E-state index is 12.5. The van der Waals surface area contributed by atoms with Gasteiger partial charge in [0.2, 0.25) is 0 Å². The highest BCUT2D eigenvalue weighted by Crippen LogP contribution is 2.30. The maximum Gasteiger partial charge on any atom is 0.262 e. The van der Waals surface area contributed by atoms with Gasteiger partial charge >= 0.3 is 0 Å². The molecule has 0 bridgehead atoms. The Kier molecular flexibility index (Phi) is 4.95. The Labute approximate surface area is 134 Å². The minimum atomic E-state index is -3.82. The number of aliphatic hydroxyl groups excluding tert-OH is 1. The first kappa shape index (κ1) is 16.6. The van der Waals surface area contributed by atoms with Crippen LogP contribution in [0, 0.1) is 0 Å². The molecule has 2 aromatic rings. The molecule has 1 atom stereocenters. The molecule has 5 nitrogen and oxygen atoms in total. The lowest BCUT2D eigenvalue weighted by atomic mass is 10.1. The van der Waals surface area contributed by atoms with Gasteiger partial charge in [0.25, 0.3) is 10.0 Å². The Morgan fingerprint density at radius 1 is 1.23 bits per heavy atom. The molecule has 0 radical (unpaired) electrons. The number of aliphatic hydroxyl groups is 1. The van der Waals surface area contributed by atoms with Crippen molar-refractivity contribution in [2.24, 2.45) is 0 Å². The predicted molar refractivity (Wildman–Crippen MR) is 85.9 cm³/mol. The van der Waals surface area contributed by atoms with Crippen molar-refractivity contribution in [3.05, 3.63) is 53.1 Å². The number of nitrogens with one attached hydrogen (secondary N) is 1. The van der Waals surface area contributed by atoms with Gasteiger partial charge in [0, 0.05) is 5.02 Å². The topological polar surface area (TPSA) is 75.6 Å². The summed E-state index contributed by atoms with van der Waals surface area (Å²) in [4.78, 5) is 0.0490. The van der Waals surface area contributed by atoms with E-state index < -0.39 is 16.1 Å². The number of anilines is 1. The van der Waals surface area contributed by atoms with Crippen molar-refractivity contribution in [1.82, 2.24) is 0 Å². The maximum atomic E-state index is 12.5. The first-order chi connectivity index (χ1) is 10.3. The fourth-order valence-electron chi connectivity index (χ4n) is 1.91. The molecule has 0 fully saturated rings. The number of benzene rings is 2. The molecular weight excluding hydrogens is 326 g/mol. The molecule has 1 unspecified atom stereocenters. The van der Waals surface area contributed by atoms with E-state index in [1.54, 1.807) is 31.2 Å². The second-order valence-electron chi connectivity index (χ2n) is 4.70. The van der Waals surface area contributed by atoms with E-state index in [1.807, 2.05) is 0 Å². The van der Waals surface area contributed by atoms with E-state index in [0.717, 1.165) is 0 Å². The number of hydrogen-bond donors (Lipinski definition) is 2. The summed E-state index contributed by atoms with van der Waals surface area (Å²) in [5.74, 6) is 0.361. The molecule has 0 amide bonds. The van der Waals surface area contributed by atoms with Gasteiger partial charge in [-0.05, 0) is 42.8 Å². The third kappa shape index (κ3) is 3.71. The van der Waals surface area contributed by atoms with Gasteiger partial charge in [0.15, 0.2) is 0 Å². The van der Waals surface area contributed by atoms with Crippen LogP contribution in [0.3, 0.4) is 0 Å². The van der Waals surface area contributed by atoms with E-state index in [2.05, 4.69) is 4.72 Å². The van der Waals surface area contributed by atoms with E-state index in [9.17, 15) is 13.5 Å². The lowest BCUT2D eigenvalue weighted by Gasteiger charge is -2.13. The second-order valence-corrected chi connectivity index (χ2v) is 6.82. The lowest BCUT2D eigenvalue weighted by molar-refractivity contribution is 0.199. The molecule has 2 rings (SSSR count). The van der Waals surface area contributed by atoms with E-state index in [4.69, 9.17) is 16.3 Å². The number of ether oxygens (including phenoxy) is 1. The quantitative estimate of drug-likeness (QED) is 0.875. The van der Waals surface area contributed by atoms with Gasteiger partial charge in [0.1, 0.15) is 5.75 Å². The van der Waals surface area contributed by atoms with Gasteiger partial charge in [-0.25, -0.2) is 8.42 Å². The van der Waals surface area contributed by atoms with Crippen molar-refractivity contribution in [3.8, 4) is 5.75 Å². The third-order valence-electron chi connectivity index (χ3n) is 3.06. The Balaban J connectivity index is 2.40. The molecule has 0 heterocycles. The molecule has 0 saturated heterocycles. The van der Waals surface area contributed by atoms with E-state index in [0.29, 0.717) is 16.3 Å². The van der Waals surface area contributed by atoms with Crippen molar-refractivity contribution < 1.29 is 18.3 Å². The van der Waals surface area contributed by atoms with Gasteiger partial charge in [-0.3, -0.25) is 4.72 Å². The van der Waals surface area contributed by atoms with Crippen LogP contribution in [0.5, 0.6) is 5.75 Å². The van der Waals surface area contributed by atoms with Crippen LogP contribution < -0.4 is 9.46 Å². The number of hydrogen-bond acceptors (Lipinski definition) is 4. The summed E-state index contributed by atoms with van der Waals surface area (Å²) >= 11 is 5.89. The van der Waals surface area contributed by atoms with Crippen LogP contribution in [0.4, 0.5) is 5.69 Å². The smallest absolute Gasteiger partial charge is 0.262 e. The summed E-state index contributed by atoms with van der Waals surface area (Å²) in [6.07, 6.45) is -0.754. The Bertz CT molecular complexity index is 775. The largest absolute Gasteiger partial charge is 0.495 e. The molecule has 0 saturated carbocycles. The molecule has 2 aromatic carbocycles. The zero-order valence-electron chi connectivity index (χ0n) is 12.1. The van der Waals surface area contributed by atoms with Gasteiger partial charge < -0.3 is 9.84 Å². The minimum absolute atomic E-state index is 0.0490. The van der Waals surface area contributed by atoms with Crippen LogP contribution in [-0.4, -0.2) is 20.6 Å². The fraction of sp³-hybridized carbons (Fsp3) is 0.200. The number of rotatable bonds is 5. The molecule has 0 aliphatic rings. The molecule has 2 N–H and O–H groups in total. The molecule has 0 spiro atoms. The first-order valence-electron chi connectivity index (χ1n) is 6.48. The molecule has 7 heteroatoms. The monoisotopic (exact) mass is 341 g/mol. The van der Waals surface area contributed by atoms with Gasteiger partial charge in [-0.2, -0.15) is 0 Å². The standard InChI is InChI=1S/C15H16ClNO4S/c1-10(18)11-4-3-5-13(8-11)22(19,20)17-14-9-12(16)6-7-15(14)21-2/h3-10,17-18H,1-2H3. The predicted octanol–water partition coefficient (Wildman–Crippen LogP) is 3.20. The minimum Gasteiger partial charge on any atom is -0.495 e. The number of methoxy groups -OCH3 is 1. The van der Waals surface area contributed by atoms with E-state index in [1.165, 1.54) is 25.3 Å². The number of halogens is 1. The SMILES string of the molecule is COc1ccc(Cl)cc1NS(=O)(=O)c1cccc(C(C)O)c1. The van der Waals surface area contributed by atoms with Crippen LogP contribution in [0.15, 0.2) is 47.4 Å². The average molecular weight is 342 g/mol. The van der Waals surface area contributed by atoms with Crippen molar-refractivity contribution in [2.75, 3.05) is 11.8 Å². The summed E-state index contributed by atoms with van der Waals surface area (Å²) < 4.78 is 32.5. The van der Waals surface area contributed by atoms with Crippen LogP contribution in [-0.2, 0) is 10.0 Å². The fourth-order valence-corrected chi connectivity index (χ4v) is 3.19. The Morgan fingerprint density at radius 2 is 1.95 bits per heavy atom. The third-order valence-corrected chi connectivity index (χ3v) is 4.65. The van der Waals surface area contributed by atoms with Crippen molar-refractivity contribution in [1.29, 1.82) is 0 Å². The molecule has 0 aliphatic carbocycles. The summed E-state index contributed by atoms with van der Waals surface area (Å²) in [7, 11) is -2.38. The van der Waals surface area contributed by atoms with E-state index >= 15 is 0 Å². The summed E-state index contributed by atoms with van der Waals surface area (Å²) in [6.45, 7) is 1.57. The van der Waals surface area contributed by atoms with Gasteiger partial charge in [-0.1, -0.05) is 23.7 Å². The molecule has 0 aromatic heterocycles. The highest BCUT2D eigenvalue weighted by atomic mass is 35.5. The van der Waals surface area contributed by atoms with Crippen LogP contribution in [0.2, 0.25) is 5.02 Å². The molecule has 118 valence electrons. The zero-order chi connectivity index (χ0) is 16.3. The van der Waals surface area contributed by atoms with E-state index in [-0.39, 0.29) is 10.6 Å². The van der Waals surface area contributed by atoms with Gasteiger partial charge in [-0.15, -0.1) is 0 Å². The normalized spacial score (nSPS) is 12.7. The number of sulfonamides is 1. The summed E-state index contributed by atoms with van der Waals surface area (Å²) in [6, 6.07) is 10.7. The zero-order valence-corrected chi connectivity index (χ0v) is 13.6.